The number of ether oxygens (including phenoxy) is 2. The molecule has 1 fully saturated rings. The Morgan fingerprint density at radius 3 is 2.66 bits per heavy atom. The second-order valence-corrected chi connectivity index (χ2v) is 8.16. The highest BCUT2D eigenvalue weighted by molar-refractivity contribution is 5.99. The molecule has 4 rings (SSSR count). The van der Waals surface area contributed by atoms with E-state index in [2.05, 4.69) is 28.7 Å². The SMILES string of the molecule is CCOC(=O)c1cc(N2CCC(OC)CC2)c2c(C(C)C)nn(-c3ccnc(F)c3)c2n1. The molecule has 0 aromatic carbocycles. The predicted octanol–water partition coefficient (Wildman–Crippen LogP) is 3.87. The van der Waals surface area contributed by atoms with Crippen molar-refractivity contribution < 1.29 is 18.7 Å². The summed E-state index contributed by atoms with van der Waals surface area (Å²) in [6.07, 6.45) is 3.38. The summed E-state index contributed by atoms with van der Waals surface area (Å²) in [7, 11) is 1.73. The molecule has 0 saturated carbocycles. The molecule has 1 aliphatic rings. The third-order valence-electron chi connectivity index (χ3n) is 5.75. The highest BCUT2D eigenvalue weighted by Crippen LogP contribution is 2.36. The van der Waals surface area contributed by atoms with Crippen molar-refractivity contribution in [1.82, 2.24) is 19.7 Å². The van der Waals surface area contributed by atoms with Crippen LogP contribution in [0.25, 0.3) is 16.7 Å². The lowest BCUT2D eigenvalue weighted by atomic mass is 10.0. The maximum absolute atomic E-state index is 13.9. The molecular weight excluding hydrogens is 413 g/mol. The molecule has 0 spiro atoms. The van der Waals surface area contributed by atoms with Gasteiger partial charge in [-0.3, -0.25) is 0 Å². The molecule has 0 radical (unpaired) electrons. The van der Waals surface area contributed by atoms with Crippen molar-refractivity contribution in [2.45, 2.75) is 45.6 Å². The highest BCUT2D eigenvalue weighted by Gasteiger charge is 2.27. The van der Waals surface area contributed by atoms with E-state index in [0.717, 1.165) is 42.7 Å². The monoisotopic (exact) mass is 441 g/mol. The first-order chi connectivity index (χ1) is 15.4. The van der Waals surface area contributed by atoms with Crippen LogP contribution in [0.1, 0.15) is 55.7 Å². The van der Waals surface area contributed by atoms with Crippen molar-refractivity contribution in [2.24, 2.45) is 0 Å². The maximum atomic E-state index is 13.9. The van der Waals surface area contributed by atoms with Crippen molar-refractivity contribution in [3.05, 3.63) is 41.7 Å². The van der Waals surface area contributed by atoms with Gasteiger partial charge in [0.2, 0.25) is 5.95 Å². The number of pyridine rings is 2. The van der Waals surface area contributed by atoms with E-state index in [1.165, 1.54) is 12.3 Å². The molecule has 3 aromatic rings. The maximum Gasteiger partial charge on any atom is 0.357 e. The van der Waals surface area contributed by atoms with Gasteiger partial charge in [0.15, 0.2) is 11.3 Å². The van der Waals surface area contributed by atoms with Gasteiger partial charge < -0.3 is 14.4 Å². The van der Waals surface area contributed by atoms with Crippen LogP contribution < -0.4 is 4.90 Å². The van der Waals surface area contributed by atoms with Crippen LogP contribution in [0, 0.1) is 5.95 Å². The molecule has 32 heavy (non-hydrogen) atoms. The lowest BCUT2D eigenvalue weighted by Crippen LogP contribution is -2.37. The summed E-state index contributed by atoms with van der Waals surface area (Å²) >= 11 is 0. The highest BCUT2D eigenvalue weighted by atomic mass is 19.1. The number of esters is 1. The van der Waals surface area contributed by atoms with E-state index in [-0.39, 0.29) is 24.3 Å². The van der Waals surface area contributed by atoms with Gasteiger partial charge in [-0.1, -0.05) is 13.8 Å². The van der Waals surface area contributed by atoms with Crippen molar-refractivity contribution in [3.8, 4) is 5.69 Å². The Morgan fingerprint density at radius 1 is 1.28 bits per heavy atom. The Bertz CT molecular complexity index is 1120. The standard InChI is InChI=1S/C23H28FN5O3/c1-5-32-23(30)17-13-18(28-10-7-16(31-4)8-11-28)20-21(14(2)3)27-29(22(20)26-17)15-6-9-25-19(24)12-15/h6,9,12-14,16H,5,7-8,10-11H2,1-4H3. The Kier molecular flexibility index (Phi) is 6.36. The molecule has 0 aliphatic carbocycles. The fourth-order valence-corrected chi connectivity index (χ4v) is 4.12. The van der Waals surface area contributed by atoms with Crippen molar-refractivity contribution >= 4 is 22.7 Å². The van der Waals surface area contributed by atoms with E-state index in [1.54, 1.807) is 30.8 Å². The van der Waals surface area contributed by atoms with Crippen LogP contribution in [0.3, 0.4) is 0 Å². The van der Waals surface area contributed by atoms with E-state index < -0.39 is 11.9 Å². The molecule has 0 amide bonds. The van der Waals surface area contributed by atoms with Crippen molar-refractivity contribution in [2.75, 3.05) is 31.7 Å². The molecule has 3 aromatic heterocycles. The average Bonchev–Trinajstić information content (AvgIpc) is 3.19. The lowest BCUT2D eigenvalue weighted by Gasteiger charge is -2.33. The summed E-state index contributed by atoms with van der Waals surface area (Å²) in [5.74, 6) is -1.02. The fourth-order valence-electron chi connectivity index (χ4n) is 4.12. The van der Waals surface area contributed by atoms with Crippen molar-refractivity contribution in [3.63, 3.8) is 0 Å². The van der Waals surface area contributed by atoms with Gasteiger partial charge in [0.05, 0.1) is 35.2 Å². The van der Waals surface area contributed by atoms with Gasteiger partial charge in [-0.05, 0) is 37.8 Å². The Labute approximate surface area is 186 Å². The van der Waals surface area contributed by atoms with Gasteiger partial charge in [-0.25, -0.2) is 19.4 Å². The van der Waals surface area contributed by atoms with Gasteiger partial charge >= 0.3 is 5.97 Å². The molecule has 8 nitrogen and oxygen atoms in total. The van der Waals surface area contributed by atoms with Gasteiger partial charge in [-0.2, -0.15) is 9.49 Å². The zero-order valence-corrected chi connectivity index (χ0v) is 18.8. The molecule has 0 N–H and O–H groups in total. The van der Waals surface area contributed by atoms with Gasteiger partial charge in [0.1, 0.15) is 0 Å². The van der Waals surface area contributed by atoms with Crippen LogP contribution in [0.4, 0.5) is 10.1 Å². The summed E-state index contributed by atoms with van der Waals surface area (Å²) in [6, 6.07) is 4.76. The van der Waals surface area contributed by atoms with Gasteiger partial charge in [-0.15, -0.1) is 0 Å². The first kappa shape index (κ1) is 22.1. The van der Waals surface area contributed by atoms with Crippen LogP contribution in [-0.4, -0.2) is 58.6 Å². The molecule has 0 unspecified atom stereocenters. The summed E-state index contributed by atoms with van der Waals surface area (Å²) in [6.45, 7) is 7.69. The molecule has 4 heterocycles. The van der Waals surface area contributed by atoms with Gasteiger partial charge in [0.25, 0.3) is 0 Å². The molecule has 9 heteroatoms. The third kappa shape index (κ3) is 4.17. The van der Waals surface area contributed by atoms with Crippen LogP contribution >= 0.6 is 0 Å². The number of hydrogen-bond acceptors (Lipinski definition) is 7. The van der Waals surface area contributed by atoms with E-state index in [1.807, 2.05) is 0 Å². The Balaban J connectivity index is 1.95. The lowest BCUT2D eigenvalue weighted by molar-refractivity contribution is 0.0519. The predicted molar refractivity (Wildman–Crippen MR) is 119 cm³/mol. The second-order valence-electron chi connectivity index (χ2n) is 8.16. The number of hydrogen-bond donors (Lipinski definition) is 0. The van der Waals surface area contributed by atoms with Crippen LogP contribution in [0.2, 0.25) is 0 Å². The summed E-state index contributed by atoms with van der Waals surface area (Å²) in [5, 5.41) is 5.65. The topological polar surface area (TPSA) is 82.4 Å². The minimum absolute atomic E-state index is 0.0935. The minimum Gasteiger partial charge on any atom is -0.461 e. The molecule has 1 saturated heterocycles. The number of carbonyl (C=O) groups is 1. The number of halogens is 1. The smallest absolute Gasteiger partial charge is 0.357 e. The number of piperidine rings is 1. The molecule has 1 aliphatic heterocycles. The third-order valence-corrected chi connectivity index (χ3v) is 5.75. The number of fused-ring (bicyclic) bond motifs is 1. The number of methoxy groups -OCH3 is 1. The Hall–Kier alpha value is -3.07. The quantitative estimate of drug-likeness (QED) is 0.424. The van der Waals surface area contributed by atoms with Crippen molar-refractivity contribution in [1.29, 1.82) is 0 Å². The number of anilines is 1. The van der Waals surface area contributed by atoms with Crippen LogP contribution in [-0.2, 0) is 9.47 Å². The summed E-state index contributed by atoms with van der Waals surface area (Å²) in [5.41, 5.74) is 2.91. The largest absolute Gasteiger partial charge is 0.461 e. The number of carbonyl (C=O) groups excluding carboxylic acids is 1. The molecule has 0 bridgehead atoms. The first-order valence-corrected chi connectivity index (χ1v) is 10.9. The number of aromatic nitrogens is 4. The summed E-state index contributed by atoms with van der Waals surface area (Å²) < 4.78 is 26.2. The molecular formula is C23H28FN5O3. The average molecular weight is 442 g/mol. The van der Waals surface area contributed by atoms with E-state index in [0.29, 0.717) is 11.3 Å². The second kappa shape index (κ2) is 9.20. The van der Waals surface area contributed by atoms with Crippen LogP contribution in [0.5, 0.6) is 0 Å². The first-order valence-electron chi connectivity index (χ1n) is 10.9. The zero-order chi connectivity index (χ0) is 22.8. The van der Waals surface area contributed by atoms with Gasteiger partial charge in [0, 0.05) is 32.5 Å². The molecule has 170 valence electrons. The van der Waals surface area contributed by atoms with E-state index >= 15 is 0 Å². The normalized spacial score (nSPS) is 15.0. The van der Waals surface area contributed by atoms with Crippen LogP contribution in [0.15, 0.2) is 24.4 Å². The van der Waals surface area contributed by atoms with E-state index in [9.17, 15) is 9.18 Å². The Morgan fingerprint density at radius 2 is 2.03 bits per heavy atom. The van der Waals surface area contributed by atoms with E-state index in [4.69, 9.17) is 14.6 Å². The fraction of sp³-hybridized carbons (Fsp3) is 0.478. The zero-order valence-electron chi connectivity index (χ0n) is 18.8. The minimum atomic E-state index is -0.611. The number of rotatable bonds is 6. The molecule has 0 atom stereocenters. The number of nitrogens with zero attached hydrogens (tertiary/aromatic N) is 5. The summed E-state index contributed by atoms with van der Waals surface area (Å²) in [4.78, 5) is 23.1.